The molecule has 0 radical (unpaired) electrons. The Labute approximate surface area is 158 Å². The quantitative estimate of drug-likeness (QED) is 0.559. The van der Waals surface area contributed by atoms with Crippen LogP contribution in [0.15, 0.2) is 18.2 Å². The average Bonchev–Trinajstić information content (AvgIpc) is 2.65. The van der Waals surface area contributed by atoms with E-state index in [1.807, 2.05) is 0 Å². The first-order chi connectivity index (χ1) is 12.5. The lowest BCUT2D eigenvalue weighted by Gasteiger charge is -2.30. The third kappa shape index (κ3) is 4.91. The molecular formula is C19H24ClNO5. The Morgan fingerprint density at radius 3 is 2.73 bits per heavy atom. The Morgan fingerprint density at radius 2 is 2.08 bits per heavy atom. The van der Waals surface area contributed by atoms with Crippen molar-refractivity contribution < 1.29 is 23.8 Å². The molecule has 7 heteroatoms. The van der Waals surface area contributed by atoms with Gasteiger partial charge in [0.05, 0.1) is 31.8 Å². The number of hydrogen-bond donors (Lipinski definition) is 0. The van der Waals surface area contributed by atoms with Gasteiger partial charge in [0.25, 0.3) is 0 Å². The highest BCUT2D eigenvalue weighted by Crippen LogP contribution is 2.36. The number of methoxy groups -OCH3 is 2. The molecule has 0 N–H and O–H groups in total. The second-order valence-electron chi connectivity index (χ2n) is 5.95. The van der Waals surface area contributed by atoms with E-state index in [0.29, 0.717) is 36.2 Å². The number of rotatable bonds is 6. The van der Waals surface area contributed by atoms with Gasteiger partial charge in [-0.05, 0) is 43.5 Å². The van der Waals surface area contributed by atoms with Crippen LogP contribution in [0.1, 0.15) is 25.3 Å². The van der Waals surface area contributed by atoms with E-state index in [4.69, 9.17) is 25.8 Å². The first-order valence-corrected chi connectivity index (χ1v) is 8.93. The number of ether oxygens (including phenoxy) is 3. The summed E-state index contributed by atoms with van der Waals surface area (Å²) >= 11 is 6.18. The van der Waals surface area contributed by atoms with Crippen LogP contribution < -0.4 is 9.47 Å². The third-order valence-corrected chi connectivity index (χ3v) is 4.51. The molecule has 1 fully saturated rings. The lowest BCUT2D eigenvalue weighted by Crippen LogP contribution is -2.42. The number of amides is 1. The molecule has 0 aliphatic carbocycles. The zero-order chi connectivity index (χ0) is 19.1. The smallest absolute Gasteiger partial charge is 0.310 e. The van der Waals surface area contributed by atoms with Crippen LogP contribution in [0.25, 0.3) is 6.08 Å². The second-order valence-corrected chi connectivity index (χ2v) is 6.35. The number of piperidine rings is 1. The van der Waals surface area contributed by atoms with Crippen molar-refractivity contribution in [1.29, 1.82) is 0 Å². The van der Waals surface area contributed by atoms with E-state index < -0.39 is 0 Å². The molecule has 1 aliphatic rings. The zero-order valence-electron chi connectivity index (χ0n) is 15.3. The van der Waals surface area contributed by atoms with Gasteiger partial charge in [-0.1, -0.05) is 11.6 Å². The minimum Gasteiger partial charge on any atom is -0.493 e. The fourth-order valence-electron chi connectivity index (χ4n) is 2.94. The summed E-state index contributed by atoms with van der Waals surface area (Å²) < 4.78 is 15.5. The third-order valence-electron chi connectivity index (χ3n) is 4.23. The van der Waals surface area contributed by atoms with Crippen molar-refractivity contribution in [2.45, 2.75) is 19.8 Å². The van der Waals surface area contributed by atoms with E-state index in [1.165, 1.54) is 20.3 Å². The molecule has 0 bridgehead atoms. The Morgan fingerprint density at radius 1 is 1.31 bits per heavy atom. The van der Waals surface area contributed by atoms with Gasteiger partial charge < -0.3 is 19.1 Å². The fourth-order valence-corrected chi connectivity index (χ4v) is 3.23. The summed E-state index contributed by atoms with van der Waals surface area (Å²) in [6, 6.07) is 3.44. The van der Waals surface area contributed by atoms with E-state index in [0.717, 1.165) is 18.4 Å². The number of halogens is 1. The highest BCUT2D eigenvalue weighted by atomic mass is 35.5. The Kier molecular flexibility index (Phi) is 7.33. The number of nitrogens with zero attached hydrogens (tertiary/aromatic N) is 1. The molecule has 1 aromatic carbocycles. The molecule has 1 amide bonds. The minimum absolute atomic E-state index is 0.148. The van der Waals surface area contributed by atoms with Crippen LogP contribution in [0.5, 0.6) is 11.5 Å². The van der Waals surface area contributed by atoms with Gasteiger partial charge >= 0.3 is 5.97 Å². The van der Waals surface area contributed by atoms with E-state index in [1.54, 1.807) is 30.0 Å². The molecule has 142 valence electrons. The van der Waals surface area contributed by atoms with Crippen LogP contribution in [0.4, 0.5) is 0 Å². The molecule has 6 nitrogen and oxygen atoms in total. The van der Waals surface area contributed by atoms with Crippen molar-refractivity contribution in [3.63, 3.8) is 0 Å². The van der Waals surface area contributed by atoms with Crippen molar-refractivity contribution in [2.75, 3.05) is 33.9 Å². The number of likely N-dealkylation sites (tertiary alicyclic amines) is 1. The monoisotopic (exact) mass is 381 g/mol. The summed E-state index contributed by atoms with van der Waals surface area (Å²) in [5.41, 5.74) is 0.722. The number of carbonyl (C=O) groups is 2. The number of benzene rings is 1. The predicted octanol–water partition coefficient (Wildman–Crippen LogP) is 3.17. The standard InChI is InChI=1S/C19H24ClNO5/c1-4-26-19(23)14-6-5-9-21(12-14)17(22)8-7-13-10-15(20)18(25-3)16(11-13)24-2/h7-8,10-11,14H,4-6,9,12H2,1-3H3/b8-7+. The maximum absolute atomic E-state index is 12.5. The van der Waals surface area contributed by atoms with Crippen molar-refractivity contribution in [1.82, 2.24) is 4.90 Å². The largest absolute Gasteiger partial charge is 0.493 e. The van der Waals surface area contributed by atoms with Gasteiger partial charge in [0.2, 0.25) is 5.91 Å². The van der Waals surface area contributed by atoms with Crippen molar-refractivity contribution >= 4 is 29.6 Å². The summed E-state index contributed by atoms with van der Waals surface area (Å²) in [6.45, 7) is 3.14. The van der Waals surface area contributed by atoms with Crippen molar-refractivity contribution in [3.05, 3.63) is 28.8 Å². The maximum atomic E-state index is 12.5. The van der Waals surface area contributed by atoms with Crippen LogP contribution in [-0.4, -0.2) is 50.7 Å². The van der Waals surface area contributed by atoms with Crippen LogP contribution in [0.3, 0.4) is 0 Å². The minimum atomic E-state index is -0.253. The zero-order valence-corrected chi connectivity index (χ0v) is 16.0. The van der Waals surface area contributed by atoms with Crippen LogP contribution in [-0.2, 0) is 14.3 Å². The van der Waals surface area contributed by atoms with Gasteiger partial charge in [0.15, 0.2) is 11.5 Å². The van der Waals surface area contributed by atoms with Gasteiger partial charge in [0.1, 0.15) is 0 Å². The molecule has 1 saturated heterocycles. The number of hydrogen-bond acceptors (Lipinski definition) is 5. The molecule has 2 rings (SSSR count). The summed E-state index contributed by atoms with van der Waals surface area (Å²) in [6.07, 6.45) is 4.68. The molecule has 26 heavy (non-hydrogen) atoms. The molecule has 0 spiro atoms. The Balaban J connectivity index is 2.07. The molecule has 1 unspecified atom stereocenters. The highest BCUT2D eigenvalue weighted by molar-refractivity contribution is 6.32. The lowest BCUT2D eigenvalue weighted by atomic mass is 9.98. The summed E-state index contributed by atoms with van der Waals surface area (Å²) in [5.74, 6) is 0.306. The van der Waals surface area contributed by atoms with Gasteiger partial charge in [-0.15, -0.1) is 0 Å². The Bertz CT molecular complexity index is 689. The van der Waals surface area contributed by atoms with E-state index in [2.05, 4.69) is 0 Å². The lowest BCUT2D eigenvalue weighted by molar-refractivity contribution is -0.150. The SMILES string of the molecule is CCOC(=O)C1CCCN(C(=O)/C=C/c2cc(Cl)c(OC)c(OC)c2)C1. The van der Waals surface area contributed by atoms with Crippen molar-refractivity contribution in [3.8, 4) is 11.5 Å². The number of carbonyl (C=O) groups excluding carboxylic acids is 2. The molecular weight excluding hydrogens is 358 g/mol. The summed E-state index contributed by atoms with van der Waals surface area (Å²) in [5, 5.41) is 0.402. The van der Waals surface area contributed by atoms with Gasteiger partial charge in [-0.2, -0.15) is 0 Å². The molecule has 0 saturated carbocycles. The molecule has 1 heterocycles. The van der Waals surface area contributed by atoms with Crippen molar-refractivity contribution in [2.24, 2.45) is 5.92 Å². The first kappa shape index (κ1) is 20.1. The normalized spacial score (nSPS) is 17.2. The second kappa shape index (κ2) is 9.48. The van der Waals surface area contributed by atoms with Gasteiger partial charge in [0, 0.05) is 19.2 Å². The van der Waals surface area contributed by atoms with E-state index in [-0.39, 0.29) is 17.8 Å². The molecule has 0 aromatic heterocycles. The van der Waals surface area contributed by atoms with Crippen LogP contribution in [0, 0.1) is 5.92 Å². The highest BCUT2D eigenvalue weighted by Gasteiger charge is 2.28. The van der Waals surface area contributed by atoms with E-state index >= 15 is 0 Å². The predicted molar refractivity (Wildman–Crippen MR) is 99.5 cm³/mol. The first-order valence-electron chi connectivity index (χ1n) is 8.55. The Hall–Kier alpha value is -2.21. The van der Waals surface area contributed by atoms with Crippen LogP contribution in [0.2, 0.25) is 5.02 Å². The average molecular weight is 382 g/mol. The van der Waals surface area contributed by atoms with Gasteiger partial charge in [-0.25, -0.2) is 0 Å². The topological polar surface area (TPSA) is 65.1 Å². The van der Waals surface area contributed by atoms with E-state index in [9.17, 15) is 9.59 Å². The molecule has 1 aliphatic heterocycles. The van der Waals surface area contributed by atoms with Gasteiger partial charge in [-0.3, -0.25) is 9.59 Å². The maximum Gasteiger partial charge on any atom is 0.310 e. The fraction of sp³-hybridized carbons (Fsp3) is 0.474. The summed E-state index contributed by atoms with van der Waals surface area (Å²) in [7, 11) is 3.04. The number of esters is 1. The molecule has 1 aromatic rings. The molecule has 1 atom stereocenters. The van der Waals surface area contributed by atoms with Crippen LogP contribution >= 0.6 is 11.6 Å². The summed E-state index contributed by atoms with van der Waals surface area (Å²) in [4.78, 5) is 26.0.